The highest BCUT2D eigenvalue weighted by molar-refractivity contribution is 7.20. The van der Waals surface area contributed by atoms with Gasteiger partial charge >= 0.3 is 5.97 Å². The van der Waals surface area contributed by atoms with E-state index in [1.54, 1.807) is 12.3 Å². The molecule has 0 bridgehead atoms. The highest BCUT2D eigenvalue weighted by Crippen LogP contribution is 2.38. The van der Waals surface area contributed by atoms with Crippen molar-refractivity contribution in [2.45, 2.75) is 39.2 Å². The Labute approximate surface area is 163 Å². The summed E-state index contributed by atoms with van der Waals surface area (Å²) in [5.41, 5.74) is 0.958. The van der Waals surface area contributed by atoms with E-state index in [2.05, 4.69) is 20.0 Å². The molecule has 1 fully saturated rings. The summed E-state index contributed by atoms with van der Waals surface area (Å²) in [6.07, 6.45) is 2.63. The van der Waals surface area contributed by atoms with Crippen LogP contribution in [0.5, 0.6) is 0 Å². The van der Waals surface area contributed by atoms with Crippen molar-refractivity contribution in [3.63, 3.8) is 0 Å². The third-order valence-corrected chi connectivity index (χ3v) is 6.33. The molecule has 3 aromatic heterocycles. The number of nitrogens with zero attached hydrogens (tertiary/aromatic N) is 5. The zero-order valence-corrected chi connectivity index (χ0v) is 16.7. The Kier molecular flexibility index (Phi) is 4.92. The van der Waals surface area contributed by atoms with Gasteiger partial charge in [-0.3, -0.25) is 4.79 Å². The van der Waals surface area contributed by atoms with E-state index in [1.165, 1.54) is 33.3 Å². The molecule has 4 rings (SSSR count). The lowest BCUT2D eigenvalue weighted by Crippen LogP contribution is -2.23. The second-order valence-electron chi connectivity index (χ2n) is 6.16. The molecule has 10 heteroatoms. The number of carbonyl (C=O) groups excluding carboxylic acids is 1. The van der Waals surface area contributed by atoms with Gasteiger partial charge in [-0.25, -0.2) is 14.8 Å². The van der Waals surface area contributed by atoms with Gasteiger partial charge in [0.2, 0.25) is 10.1 Å². The Morgan fingerprint density at radius 3 is 3.00 bits per heavy atom. The molecule has 0 N–H and O–H groups in total. The molecule has 1 unspecified atom stereocenters. The lowest BCUT2D eigenvalue weighted by Gasteiger charge is -2.21. The average molecular weight is 406 g/mol. The third kappa shape index (κ3) is 3.34. The van der Waals surface area contributed by atoms with Crippen molar-refractivity contribution >= 4 is 38.7 Å². The number of hydrogen-bond acceptors (Lipinski definition) is 9. The van der Waals surface area contributed by atoms with Gasteiger partial charge < -0.3 is 9.64 Å². The first-order valence-corrected chi connectivity index (χ1v) is 10.6. The van der Waals surface area contributed by atoms with E-state index in [1.807, 2.05) is 6.92 Å². The van der Waals surface area contributed by atoms with Crippen molar-refractivity contribution in [3.8, 4) is 0 Å². The molecule has 0 spiro atoms. The zero-order chi connectivity index (χ0) is 19.0. The van der Waals surface area contributed by atoms with Gasteiger partial charge in [0.15, 0.2) is 5.69 Å². The van der Waals surface area contributed by atoms with Crippen molar-refractivity contribution in [2.24, 2.45) is 0 Å². The number of esters is 1. The molecule has 4 heterocycles. The minimum Gasteiger partial charge on any atom is -0.461 e. The van der Waals surface area contributed by atoms with Gasteiger partial charge in [-0.15, -0.1) is 16.4 Å². The van der Waals surface area contributed by atoms with Crippen molar-refractivity contribution in [3.05, 3.63) is 38.2 Å². The van der Waals surface area contributed by atoms with Crippen molar-refractivity contribution < 1.29 is 9.53 Å². The Morgan fingerprint density at radius 2 is 2.22 bits per heavy atom. The standard InChI is InChI=1S/C17H19N5O3S2/c1-3-10-8-13(23)22-16(18-10)27-17(20-22)21-7-5-6-12(21)14-19-11(9-26-14)15(24)25-4-2/h8-9,12H,3-7H2,1-2H3. The lowest BCUT2D eigenvalue weighted by molar-refractivity contribution is 0.0520. The first kappa shape index (κ1) is 18.1. The highest BCUT2D eigenvalue weighted by Gasteiger charge is 2.32. The first-order chi connectivity index (χ1) is 13.1. The van der Waals surface area contributed by atoms with Gasteiger partial charge in [0, 0.05) is 23.7 Å². The fourth-order valence-corrected chi connectivity index (χ4v) is 5.07. The van der Waals surface area contributed by atoms with Crippen molar-refractivity contribution in [2.75, 3.05) is 18.1 Å². The number of aromatic nitrogens is 4. The molecule has 1 aliphatic heterocycles. The number of fused-ring (bicyclic) bond motifs is 1. The van der Waals surface area contributed by atoms with Crippen LogP contribution in [0.1, 0.15) is 53.9 Å². The summed E-state index contributed by atoms with van der Waals surface area (Å²) >= 11 is 2.86. The van der Waals surface area contributed by atoms with Crippen LogP contribution in [-0.2, 0) is 11.2 Å². The number of thiazole rings is 1. The van der Waals surface area contributed by atoms with Gasteiger partial charge in [-0.2, -0.15) is 4.52 Å². The monoisotopic (exact) mass is 405 g/mol. The van der Waals surface area contributed by atoms with E-state index in [0.717, 1.165) is 35.2 Å². The molecule has 1 saturated heterocycles. The fourth-order valence-electron chi connectivity index (χ4n) is 3.14. The molecule has 27 heavy (non-hydrogen) atoms. The molecule has 0 saturated carbocycles. The third-order valence-electron chi connectivity index (χ3n) is 4.44. The van der Waals surface area contributed by atoms with Gasteiger partial charge in [0.25, 0.3) is 5.56 Å². The predicted octanol–water partition coefficient (Wildman–Crippen LogP) is 2.69. The molecule has 0 aromatic carbocycles. The Balaban J connectivity index is 1.65. The topological polar surface area (TPSA) is 89.7 Å². The highest BCUT2D eigenvalue weighted by atomic mass is 32.1. The maximum atomic E-state index is 12.3. The van der Waals surface area contributed by atoms with Crippen LogP contribution in [0.15, 0.2) is 16.2 Å². The van der Waals surface area contributed by atoms with Crippen LogP contribution < -0.4 is 10.5 Å². The quantitative estimate of drug-likeness (QED) is 0.603. The van der Waals surface area contributed by atoms with E-state index >= 15 is 0 Å². The molecular formula is C17H19N5O3S2. The average Bonchev–Trinajstić information content (AvgIpc) is 3.39. The summed E-state index contributed by atoms with van der Waals surface area (Å²) in [7, 11) is 0. The summed E-state index contributed by atoms with van der Waals surface area (Å²) in [4.78, 5) is 35.9. The van der Waals surface area contributed by atoms with Crippen LogP contribution >= 0.6 is 22.7 Å². The van der Waals surface area contributed by atoms with Crippen LogP contribution in [0.4, 0.5) is 5.13 Å². The summed E-state index contributed by atoms with van der Waals surface area (Å²) in [6, 6.07) is 1.57. The van der Waals surface area contributed by atoms with E-state index in [0.29, 0.717) is 23.7 Å². The molecule has 0 aliphatic carbocycles. The Hall–Kier alpha value is -2.33. The van der Waals surface area contributed by atoms with Gasteiger partial charge in [0.05, 0.1) is 12.6 Å². The largest absolute Gasteiger partial charge is 0.461 e. The maximum absolute atomic E-state index is 12.3. The summed E-state index contributed by atoms with van der Waals surface area (Å²) in [5, 5.41) is 7.84. The Morgan fingerprint density at radius 1 is 1.37 bits per heavy atom. The number of ether oxygens (including phenoxy) is 1. The van der Waals surface area contributed by atoms with E-state index in [-0.39, 0.29) is 11.6 Å². The van der Waals surface area contributed by atoms with E-state index in [9.17, 15) is 9.59 Å². The van der Waals surface area contributed by atoms with Crippen LogP contribution in [0.2, 0.25) is 0 Å². The van der Waals surface area contributed by atoms with Crippen LogP contribution in [-0.4, -0.2) is 38.7 Å². The molecule has 142 valence electrons. The summed E-state index contributed by atoms with van der Waals surface area (Å²) in [5.74, 6) is -0.396. The number of rotatable bonds is 5. The van der Waals surface area contributed by atoms with Crippen LogP contribution in [0.25, 0.3) is 4.96 Å². The van der Waals surface area contributed by atoms with Crippen molar-refractivity contribution in [1.82, 2.24) is 19.6 Å². The number of hydrogen-bond donors (Lipinski definition) is 0. The number of carbonyl (C=O) groups is 1. The molecule has 1 atom stereocenters. The molecule has 0 radical (unpaired) electrons. The van der Waals surface area contributed by atoms with Crippen LogP contribution in [0.3, 0.4) is 0 Å². The van der Waals surface area contributed by atoms with Crippen LogP contribution in [0, 0.1) is 0 Å². The molecule has 1 aliphatic rings. The summed E-state index contributed by atoms with van der Waals surface area (Å²) in [6.45, 7) is 4.90. The normalized spacial score (nSPS) is 17.0. The second kappa shape index (κ2) is 7.35. The smallest absolute Gasteiger partial charge is 0.357 e. The minimum absolute atomic E-state index is 0.0417. The van der Waals surface area contributed by atoms with Crippen molar-refractivity contribution in [1.29, 1.82) is 0 Å². The number of anilines is 1. The Bertz CT molecular complexity index is 1040. The summed E-state index contributed by atoms with van der Waals surface area (Å²) < 4.78 is 6.39. The minimum atomic E-state index is -0.396. The SMILES string of the molecule is CCOC(=O)c1csc(C2CCCN2c2nn3c(=O)cc(CC)nc3s2)n1. The fraction of sp³-hybridized carbons (Fsp3) is 0.471. The maximum Gasteiger partial charge on any atom is 0.357 e. The van der Waals surface area contributed by atoms with Gasteiger partial charge in [-0.05, 0) is 26.2 Å². The zero-order valence-electron chi connectivity index (χ0n) is 15.0. The molecule has 8 nitrogen and oxygen atoms in total. The van der Waals surface area contributed by atoms with Gasteiger partial charge in [0.1, 0.15) is 5.01 Å². The first-order valence-electron chi connectivity index (χ1n) is 8.89. The van der Waals surface area contributed by atoms with E-state index in [4.69, 9.17) is 4.74 Å². The second-order valence-corrected chi connectivity index (χ2v) is 7.99. The molecule has 0 amide bonds. The molecule has 3 aromatic rings. The van der Waals surface area contributed by atoms with E-state index < -0.39 is 5.97 Å². The number of aryl methyl sites for hydroxylation is 1. The predicted molar refractivity (Wildman–Crippen MR) is 104 cm³/mol. The lowest BCUT2D eigenvalue weighted by atomic mass is 10.2. The van der Waals surface area contributed by atoms with Gasteiger partial charge in [-0.1, -0.05) is 18.3 Å². The molecular weight excluding hydrogens is 386 g/mol.